The van der Waals surface area contributed by atoms with Crippen molar-refractivity contribution in [2.75, 3.05) is 0 Å². The second kappa shape index (κ2) is 3.93. The lowest BCUT2D eigenvalue weighted by Gasteiger charge is -2.21. The zero-order chi connectivity index (χ0) is 11.1. The van der Waals surface area contributed by atoms with E-state index in [2.05, 4.69) is 0 Å². The van der Waals surface area contributed by atoms with Crippen LogP contribution in [-0.4, -0.2) is 6.04 Å². The Kier molecular flexibility index (Phi) is 2.93. The molecule has 1 aromatic rings. The lowest BCUT2D eigenvalue weighted by atomic mass is 9.94. The normalized spacial score (nSPS) is 30.8. The molecule has 4 heteroatoms. The van der Waals surface area contributed by atoms with E-state index in [9.17, 15) is 4.39 Å². The van der Waals surface area contributed by atoms with E-state index in [4.69, 9.17) is 28.9 Å². The molecule has 1 aromatic carbocycles. The van der Waals surface area contributed by atoms with Crippen LogP contribution in [0.4, 0.5) is 4.39 Å². The third-order valence-electron chi connectivity index (χ3n) is 2.91. The summed E-state index contributed by atoms with van der Waals surface area (Å²) in [7, 11) is 0. The molecular formula is C11H12Cl2FN. The van der Waals surface area contributed by atoms with Gasteiger partial charge in [0.25, 0.3) is 0 Å². The average molecular weight is 248 g/mol. The summed E-state index contributed by atoms with van der Waals surface area (Å²) < 4.78 is 14.5. The van der Waals surface area contributed by atoms with Crippen LogP contribution in [0.5, 0.6) is 0 Å². The fourth-order valence-electron chi connectivity index (χ4n) is 2.12. The number of hydrogen-bond donors (Lipinski definition) is 1. The van der Waals surface area contributed by atoms with Gasteiger partial charge in [-0.05, 0) is 31.0 Å². The molecule has 1 aliphatic carbocycles. The maximum atomic E-state index is 14.5. The molecule has 0 saturated heterocycles. The van der Waals surface area contributed by atoms with Gasteiger partial charge in [0.15, 0.2) is 0 Å². The predicted octanol–water partition coefficient (Wildman–Crippen LogP) is 3.67. The molecule has 0 aromatic heterocycles. The zero-order valence-corrected chi connectivity index (χ0v) is 9.65. The average Bonchev–Trinajstić information content (AvgIpc) is 2.52. The highest BCUT2D eigenvalue weighted by atomic mass is 35.5. The van der Waals surface area contributed by atoms with Crippen LogP contribution in [-0.2, 0) is 5.67 Å². The third kappa shape index (κ3) is 2.12. The maximum Gasteiger partial charge on any atom is 0.139 e. The molecule has 15 heavy (non-hydrogen) atoms. The SMILES string of the molecule is NC1CCC(F)(c2cc(Cl)ccc2Cl)C1. The van der Waals surface area contributed by atoms with Gasteiger partial charge < -0.3 is 5.73 Å². The predicted molar refractivity (Wildman–Crippen MR) is 61.1 cm³/mol. The van der Waals surface area contributed by atoms with Crippen LogP contribution in [0, 0.1) is 0 Å². The van der Waals surface area contributed by atoms with Crippen LogP contribution in [0.15, 0.2) is 18.2 Å². The minimum atomic E-state index is -1.40. The maximum absolute atomic E-state index is 14.5. The summed E-state index contributed by atoms with van der Waals surface area (Å²) in [5, 5.41) is 0.933. The van der Waals surface area contributed by atoms with Gasteiger partial charge in [-0.15, -0.1) is 0 Å². The molecule has 82 valence electrons. The Morgan fingerprint density at radius 1 is 1.40 bits per heavy atom. The first-order valence-electron chi connectivity index (χ1n) is 4.91. The standard InChI is InChI=1S/C11H12Cl2FN/c12-7-1-2-10(13)9(5-7)11(14)4-3-8(15)6-11/h1-2,5,8H,3-4,6,15H2. The Hall–Kier alpha value is -0.310. The van der Waals surface area contributed by atoms with Crippen LogP contribution in [0.25, 0.3) is 0 Å². The summed E-state index contributed by atoms with van der Waals surface area (Å²) in [4.78, 5) is 0. The lowest BCUT2D eigenvalue weighted by molar-refractivity contribution is 0.172. The molecule has 0 amide bonds. The number of rotatable bonds is 1. The highest BCUT2D eigenvalue weighted by molar-refractivity contribution is 6.33. The van der Waals surface area contributed by atoms with Gasteiger partial charge in [-0.1, -0.05) is 23.2 Å². The number of benzene rings is 1. The van der Waals surface area contributed by atoms with E-state index in [1.807, 2.05) is 0 Å². The van der Waals surface area contributed by atoms with E-state index in [0.29, 0.717) is 34.9 Å². The van der Waals surface area contributed by atoms with Gasteiger partial charge in [-0.25, -0.2) is 4.39 Å². The second-order valence-electron chi connectivity index (χ2n) is 4.09. The van der Waals surface area contributed by atoms with Crippen LogP contribution >= 0.6 is 23.2 Å². The van der Waals surface area contributed by atoms with Gasteiger partial charge in [-0.3, -0.25) is 0 Å². The van der Waals surface area contributed by atoms with Crippen molar-refractivity contribution in [2.45, 2.75) is 31.0 Å². The van der Waals surface area contributed by atoms with Crippen molar-refractivity contribution < 1.29 is 4.39 Å². The molecule has 0 radical (unpaired) electrons. The summed E-state index contributed by atoms with van der Waals surface area (Å²) in [6.07, 6.45) is 1.45. The topological polar surface area (TPSA) is 26.0 Å². The second-order valence-corrected chi connectivity index (χ2v) is 4.94. The highest BCUT2D eigenvalue weighted by Gasteiger charge is 2.40. The van der Waals surface area contributed by atoms with Crippen molar-refractivity contribution in [3.05, 3.63) is 33.8 Å². The Bertz CT molecular complexity index is 383. The minimum Gasteiger partial charge on any atom is -0.328 e. The largest absolute Gasteiger partial charge is 0.328 e. The Morgan fingerprint density at radius 3 is 2.73 bits per heavy atom. The summed E-state index contributed by atoms with van der Waals surface area (Å²) in [6.45, 7) is 0. The number of nitrogens with two attached hydrogens (primary N) is 1. The fourth-order valence-corrected chi connectivity index (χ4v) is 2.58. The molecule has 2 atom stereocenters. The van der Waals surface area contributed by atoms with E-state index in [0.717, 1.165) is 0 Å². The molecule has 0 bridgehead atoms. The molecule has 1 nitrogen and oxygen atoms in total. The summed E-state index contributed by atoms with van der Waals surface area (Å²) in [6, 6.07) is 4.81. The first kappa shape index (κ1) is 11.2. The molecule has 1 saturated carbocycles. The van der Waals surface area contributed by atoms with Crippen molar-refractivity contribution >= 4 is 23.2 Å². The monoisotopic (exact) mass is 247 g/mol. The molecule has 1 aliphatic rings. The van der Waals surface area contributed by atoms with Crippen LogP contribution in [0.2, 0.25) is 10.0 Å². The molecule has 1 fully saturated rings. The Morgan fingerprint density at radius 2 is 2.13 bits per heavy atom. The minimum absolute atomic E-state index is 0.0787. The fraction of sp³-hybridized carbons (Fsp3) is 0.455. The summed E-state index contributed by atoms with van der Waals surface area (Å²) in [5.74, 6) is 0. The van der Waals surface area contributed by atoms with E-state index in [1.165, 1.54) is 0 Å². The quantitative estimate of drug-likeness (QED) is 0.806. The summed E-state index contributed by atoms with van der Waals surface area (Å²) in [5.41, 5.74) is 4.79. The smallest absolute Gasteiger partial charge is 0.139 e. The molecule has 2 rings (SSSR count). The van der Waals surface area contributed by atoms with Crippen molar-refractivity contribution in [1.29, 1.82) is 0 Å². The van der Waals surface area contributed by atoms with Gasteiger partial charge in [-0.2, -0.15) is 0 Å². The zero-order valence-electron chi connectivity index (χ0n) is 8.14. The number of hydrogen-bond acceptors (Lipinski definition) is 1. The van der Waals surface area contributed by atoms with E-state index < -0.39 is 5.67 Å². The Balaban J connectivity index is 2.40. The van der Waals surface area contributed by atoms with Gasteiger partial charge in [0.1, 0.15) is 5.67 Å². The molecular weight excluding hydrogens is 236 g/mol. The van der Waals surface area contributed by atoms with Gasteiger partial charge in [0.05, 0.1) is 0 Å². The van der Waals surface area contributed by atoms with Gasteiger partial charge in [0, 0.05) is 28.1 Å². The van der Waals surface area contributed by atoms with Crippen LogP contribution in [0.3, 0.4) is 0 Å². The first-order chi connectivity index (χ1) is 7.01. The van der Waals surface area contributed by atoms with E-state index in [1.54, 1.807) is 18.2 Å². The molecule has 0 spiro atoms. The van der Waals surface area contributed by atoms with Crippen LogP contribution < -0.4 is 5.73 Å². The van der Waals surface area contributed by atoms with Gasteiger partial charge >= 0.3 is 0 Å². The highest BCUT2D eigenvalue weighted by Crippen LogP contribution is 2.45. The first-order valence-corrected chi connectivity index (χ1v) is 5.67. The molecule has 0 heterocycles. The number of alkyl halides is 1. The van der Waals surface area contributed by atoms with Crippen molar-refractivity contribution in [3.63, 3.8) is 0 Å². The molecule has 0 aliphatic heterocycles. The summed E-state index contributed by atoms with van der Waals surface area (Å²) >= 11 is 11.8. The molecule has 2 N–H and O–H groups in total. The van der Waals surface area contributed by atoms with E-state index in [-0.39, 0.29) is 6.04 Å². The lowest BCUT2D eigenvalue weighted by Crippen LogP contribution is -2.21. The molecule has 2 unspecified atom stereocenters. The third-order valence-corrected chi connectivity index (χ3v) is 3.47. The Labute approximate surface area is 98.4 Å². The van der Waals surface area contributed by atoms with Crippen molar-refractivity contribution in [2.24, 2.45) is 5.73 Å². The van der Waals surface area contributed by atoms with Gasteiger partial charge in [0.2, 0.25) is 0 Å². The van der Waals surface area contributed by atoms with Crippen LogP contribution in [0.1, 0.15) is 24.8 Å². The van der Waals surface area contributed by atoms with Crippen molar-refractivity contribution in [3.8, 4) is 0 Å². The van der Waals surface area contributed by atoms with Crippen molar-refractivity contribution in [1.82, 2.24) is 0 Å². The number of halogens is 3. The van der Waals surface area contributed by atoms with E-state index >= 15 is 0 Å².